The van der Waals surface area contributed by atoms with E-state index in [0.717, 1.165) is 18.9 Å². The molecule has 1 saturated carbocycles. The van der Waals surface area contributed by atoms with Crippen LogP contribution in [-0.4, -0.2) is 33.3 Å². The highest BCUT2D eigenvalue weighted by molar-refractivity contribution is 7.89. The Kier molecular flexibility index (Phi) is 3.50. The van der Waals surface area contributed by atoms with Gasteiger partial charge < -0.3 is 4.57 Å². The molecule has 1 aliphatic carbocycles. The number of rotatable bonds is 5. The first kappa shape index (κ1) is 14.2. The Morgan fingerprint density at radius 2 is 2.14 bits per heavy atom. The zero-order valence-electron chi connectivity index (χ0n) is 11.5. The summed E-state index contributed by atoms with van der Waals surface area (Å²) in [6.45, 7) is 0.118. The van der Waals surface area contributed by atoms with Crippen molar-refractivity contribution in [1.82, 2.24) is 18.8 Å². The summed E-state index contributed by atoms with van der Waals surface area (Å²) < 4.78 is 42.2. The second kappa shape index (κ2) is 5.19. The average Bonchev–Trinajstić information content (AvgIpc) is 3.20. The summed E-state index contributed by atoms with van der Waals surface area (Å²) in [7, 11) is -2.17. The van der Waals surface area contributed by atoms with E-state index in [1.165, 1.54) is 16.6 Å². The largest absolute Gasteiger partial charge is 0.337 e. The number of aromatic nitrogens is 3. The van der Waals surface area contributed by atoms with E-state index in [4.69, 9.17) is 0 Å². The zero-order valence-corrected chi connectivity index (χ0v) is 12.3. The topological polar surface area (TPSA) is 68.1 Å². The van der Waals surface area contributed by atoms with E-state index in [-0.39, 0.29) is 12.6 Å². The number of halogens is 1. The first-order chi connectivity index (χ1) is 10.00. The van der Waals surface area contributed by atoms with Gasteiger partial charge in [0, 0.05) is 31.7 Å². The fourth-order valence-corrected chi connectivity index (χ4v) is 3.75. The van der Waals surface area contributed by atoms with Gasteiger partial charge in [-0.05, 0) is 25.0 Å². The van der Waals surface area contributed by atoms with Crippen LogP contribution < -0.4 is 0 Å². The Morgan fingerprint density at radius 1 is 1.38 bits per heavy atom. The summed E-state index contributed by atoms with van der Waals surface area (Å²) in [6.07, 6.45) is 6.18. The maximum atomic E-state index is 13.8. The average molecular weight is 310 g/mol. The molecule has 0 unspecified atom stereocenters. The lowest BCUT2D eigenvalue weighted by atomic mass is 10.5. The van der Waals surface area contributed by atoms with Crippen molar-refractivity contribution in [3.63, 3.8) is 0 Å². The van der Waals surface area contributed by atoms with Crippen LogP contribution in [0.15, 0.2) is 35.7 Å². The predicted octanol–water partition coefficient (Wildman–Crippen LogP) is 1.31. The Hall–Kier alpha value is -1.80. The van der Waals surface area contributed by atoms with Crippen LogP contribution in [0.3, 0.4) is 0 Å². The number of nitrogens with zero attached hydrogens (tertiary/aromatic N) is 4. The molecular formula is C13H15FN4O2S. The highest BCUT2D eigenvalue weighted by Gasteiger charge is 2.40. The van der Waals surface area contributed by atoms with Crippen LogP contribution in [0.2, 0.25) is 0 Å². The normalized spacial score (nSPS) is 15.6. The van der Waals surface area contributed by atoms with Crippen LogP contribution in [0, 0.1) is 5.82 Å². The molecular weight excluding hydrogens is 295 g/mol. The van der Waals surface area contributed by atoms with Crippen LogP contribution in [-0.2, 0) is 23.6 Å². The van der Waals surface area contributed by atoms with Crippen LogP contribution in [0.4, 0.5) is 4.39 Å². The summed E-state index contributed by atoms with van der Waals surface area (Å²) in [6, 6.07) is 2.37. The van der Waals surface area contributed by atoms with Gasteiger partial charge in [0.05, 0.1) is 6.54 Å². The van der Waals surface area contributed by atoms with Gasteiger partial charge in [-0.2, -0.15) is 4.31 Å². The van der Waals surface area contributed by atoms with Gasteiger partial charge in [-0.25, -0.2) is 22.8 Å². The molecule has 112 valence electrons. The summed E-state index contributed by atoms with van der Waals surface area (Å²) in [5.74, 6) is -0.218. The molecule has 0 N–H and O–H groups in total. The number of aryl methyl sites for hydroxylation is 1. The third kappa shape index (κ3) is 2.68. The molecule has 0 amide bonds. The van der Waals surface area contributed by atoms with E-state index in [1.807, 2.05) is 0 Å². The van der Waals surface area contributed by atoms with Crippen LogP contribution in [0.25, 0.3) is 0 Å². The molecule has 0 atom stereocenters. The summed E-state index contributed by atoms with van der Waals surface area (Å²) in [5.41, 5.74) is 0. The second-order valence-electron chi connectivity index (χ2n) is 5.03. The summed E-state index contributed by atoms with van der Waals surface area (Å²) >= 11 is 0. The second-order valence-corrected chi connectivity index (χ2v) is 6.83. The van der Waals surface area contributed by atoms with Gasteiger partial charge in [-0.15, -0.1) is 0 Å². The van der Waals surface area contributed by atoms with Gasteiger partial charge in [0.15, 0.2) is 5.82 Å². The van der Waals surface area contributed by atoms with Gasteiger partial charge in [-0.1, -0.05) is 0 Å². The quantitative estimate of drug-likeness (QED) is 0.835. The van der Waals surface area contributed by atoms with Crippen molar-refractivity contribution in [2.24, 2.45) is 7.05 Å². The predicted molar refractivity (Wildman–Crippen MR) is 73.2 cm³/mol. The lowest BCUT2D eigenvalue weighted by Crippen LogP contribution is -2.34. The van der Waals surface area contributed by atoms with Crippen molar-refractivity contribution in [3.05, 3.63) is 42.4 Å². The molecule has 0 radical (unpaired) electrons. The molecule has 21 heavy (non-hydrogen) atoms. The van der Waals surface area contributed by atoms with E-state index < -0.39 is 20.9 Å². The lowest BCUT2D eigenvalue weighted by Gasteiger charge is -2.21. The monoisotopic (exact) mass is 310 g/mol. The van der Waals surface area contributed by atoms with E-state index in [1.54, 1.807) is 24.0 Å². The van der Waals surface area contributed by atoms with E-state index >= 15 is 0 Å². The van der Waals surface area contributed by atoms with E-state index in [2.05, 4.69) is 9.97 Å². The van der Waals surface area contributed by atoms with Gasteiger partial charge in [0.1, 0.15) is 5.82 Å². The van der Waals surface area contributed by atoms with E-state index in [0.29, 0.717) is 5.82 Å². The minimum atomic E-state index is -3.97. The maximum absolute atomic E-state index is 13.8. The van der Waals surface area contributed by atoms with Crippen LogP contribution in [0.1, 0.15) is 18.7 Å². The zero-order chi connectivity index (χ0) is 15.0. The molecule has 0 spiro atoms. The highest BCUT2D eigenvalue weighted by atomic mass is 32.2. The molecule has 0 aliphatic heterocycles. The van der Waals surface area contributed by atoms with Crippen molar-refractivity contribution in [3.8, 4) is 0 Å². The van der Waals surface area contributed by atoms with Crippen molar-refractivity contribution >= 4 is 10.0 Å². The van der Waals surface area contributed by atoms with Crippen molar-refractivity contribution in [2.75, 3.05) is 0 Å². The molecule has 2 heterocycles. The molecule has 0 aromatic carbocycles. The highest BCUT2D eigenvalue weighted by Crippen LogP contribution is 2.33. The third-order valence-electron chi connectivity index (χ3n) is 3.45. The van der Waals surface area contributed by atoms with Crippen molar-refractivity contribution in [1.29, 1.82) is 0 Å². The number of hydrogen-bond acceptors (Lipinski definition) is 4. The Morgan fingerprint density at radius 3 is 2.71 bits per heavy atom. The number of pyridine rings is 1. The molecule has 1 fully saturated rings. The number of hydrogen-bond donors (Lipinski definition) is 0. The van der Waals surface area contributed by atoms with E-state index in [9.17, 15) is 12.8 Å². The molecule has 2 aromatic heterocycles. The van der Waals surface area contributed by atoms with Gasteiger partial charge in [-0.3, -0.25) is 0 Å². The molecule has 2 aromatic rings. The van der Waals surface area contributed by atoms with Crippen LogP contribution >= 0.6 is 0 Å². The first-order valence-electron chi connectivity index (χ1n) is 6.58. The fourth-order valence-electron chi connectivity index (χ4n) is 2.13. The Bertz CT molecular complexity index is 755. The fraction of sp³-hybridized carbons (Fsp3) is 0.385. The minimum Gasteiger partial charge on any atom is -0.337 e. The number of imidazole rings is 1. The Balaban J connectivity index is 1.97. The summed E-state index contributed by atoms with van der Waals surface area (Å²) in [5, 5.41) is -0.522. The van der Waals surface area contributed by atoms with Gasteiger partial charge in [0.2, 0.25) is 5.03 Å². The van der Waals surface area contributed by atoms with Crippen molar-refractivity contribution < 1.29 is 12.8 Å². The number of sulfonamides is 1. The smallest absolute Gasteiger partial charge is 0.264 e. The summed E-state index contributed by atoms with van der Waals surface area (Å²) in [4.78, 5) is 7.84. The Labute approximate surface area is 122 Å². The molecule has 3 rings (SSSR count). The van der Waals surface area contributed by atoms with Gasteiger partial charge >= 0.3 is 0 Å². The minimum absolute atomic E-state index is 0.104. The third-order valence-corrected chi connectivity index (χ3v) is 5.28. The molecule has 1 aliphatic rings. The maximum Gasteiger partial charge on any atom is 0.264 e. The van der Waals surface area contributed by atoms with Crippen molar-refractivity contribution in [2.45, 2.75) is 30.5 Å². The standard InChI is InChI=1S/C13H15FN4O2S/c1-17-8-7-15-12(17)9-18(10-4-5-10)21(19,20)13-11(14)3-2-6-16-13/h2-3,6-8,10H,4-5,9H2,1H3. The molecule has 0 bridgehead atoms. The molecule has 0 saturated heterocycles. The van der Waals surface area contributed by atoms with Gasteiger partial charge in [0.25, 0.3) is 10.0 Å². The lowest BCUT2D eigenvalue weighted by molar-refractivity contribution is 0.380. The molecule has 8 heteroatoms. The van der Waals surface area contributed by atoms with Crippen LogP contribution in [0.5, 0.6) is 0 Å². The molecule has 6 nitrogen and oxygen atoms in total. The SMILES string of the molecule is Cn1ccnc1CN(C1CC1)S(=O)(=O)c1ncccc1F. The first-order valence-corrected chi connectivity index (χ1v) is 8.02.